The zero-order chi connectivity index (χ0) is 14.2. The van der Waals surface area contributed by atoms with Crippen molar-refractivity contribution in [2.24, 2.45) is 22.1 Å². The van der Waals surface area contributed by atoms with Crippen LogP contribution in [0.1, 0.15) is 26.7 Å². The molecule has 0 spiro atoms. The molecule has 3 rings (SSSR count). The van der Waals surface area contributed by atoms with Crippen LogP contribution >= 0.6 is 0 Å². The van der Waals surface area contributed by atoms with E-state index in [0.29, 0.717) is 18.0 Å². The summed E-state index contributed by atoms with van der Waals surface area (Å²) < 4.78 is 5.89. The predicted octanol–water partition coefficient (Wildman–Crippen LogP) is 2.62. The Hall–Kier alpha value is -1.55. The lowest BCUT2D eigenvalue weighted by atomic mass is 9.55. The Bertz CT molecular complexity index is 498. The summed E-state index contributed by atoms with van der Waals surface area (Å²) in [7, 11) is 0. The molecule has 1 aromatic carbocycles. The summed E-state index contributed by atoms with van der Waals surface area (Å²) in [5.41, 5.74) is 7.11. The van der Waals surface area contributed by atoms with Crippen molar-refractivity contribution in [1.82, 2.24) is 0 Å². The Balaban J connectivity index is 1.71. The van der Waals surface area contributed by atoms with Crippen molar-refractivity contribution < 1.29 is 4.74 Å². The number of nitrogens with zero attached hydrogens (tertiary/aromatic N) is 1. The van der Waals surface area contributed by atoms with E-state index in [9.17, 15) is 0 Å². The first kappa shape index (κ1) is 13.4. The summed E-state index contributed by atoms with van der Waals surface area (Å²) in [6.45, 7) is 5.34. The summed E-state index contributed by atoms with van der Waals surface area (Å²) in [6, 6.07) is 10.2. The minimum absolute atomic E-state index is 0.0775. The number of hydrogen-bond acceptors (Lipinski definition) is 2. The van der Waals surface area contributed by atoms with Crippen LogP contribution in [-0.2, 0) is 4.74 Å². The molecule has 0 amide bonds. The van der Waals surface area contributed by atoms with E-state index in [1.165, 1.54) is 6.42 Å². The lowest BCUT2D eigenvalue weighted by Crippen LogP contribution is -2.64. The largest absolute Gasteiger partial charge is 0.377 e. The standard InChI is InChI=1S/C16H23N3O/c1-16(2)13(12-9-6-10-20-14(12)16)19-15(17)18-11-7-4-3-5-8-11/h3-5,7-8,12-14H,6,9-10H2,1-2H3,(H3,17,18,19). The second-order valence-corrected chi connectivity index (χ2v) is 6.37. The van der Waals surface area contributed by atoms with Crippen LogP contribution in [0.25, 0.3) is 0 Å². The number of para-hydroxylation sites is 1. The van der Waals surface area contributed by atoms with Crippen LogP contribution in [0.5, 0.6) is 0 Å². The fraction of sp³-hybridized carbons (Fsp3) is 0.562. The number of nitrogens with two attached hydrogens (primary N) is 1. The lowest BCUT2D eigenvalue weighted by Gasteiger charge is -2.58. The van der Waals surface area contributed by atoms with E-state index in [-0.39, 0.29) is 11.5 Å². The molecular weight excluding hydrogens is 250 g/mol. The van der Waals surface area contributed by atoms with E-state index in [0.717, 1.165) is 18.7 Å². The van der Waals surface area contributed by atoms with Gasteiger partial charge in [-0.25, -0.2) is 4.99 Å². The highest BCUT2D eigenvalue weighted by molar-refractivity contribution is 5.92. The van der Waals surface area contributed by atoms with Gasteiger partial charge in [0.05, 0.1) is 12.1 Å². The third kappa shape index (κ3) is 2.29. The van der Waals surface area contributed by atoms with Gasteiger partial charge in [-0.3, -0.25) is 0 Å². The van der Waals surface area contributed by atoms with E-state index >= 15 is 0 Å². The first-order valence-electron chi connectivity index (χ1n) is 7.36. The smallest absolute Gasteiger partial charge is 0.193 e. The Morgan fingerprint density at radius 2 is 2.10 bits per heavy atom. The van der Waals surface area contributed by atoms with Gasteiger partial charge in [0.1, 0.15) is 0 Å². The molecule has 1 aliphatic heterocycles. The second kappa shape index (κ2) is 5.09. The molecule has 0 radical (unpaired) electrons. The molecule has 2 fully saturated rings. The number of fused-ring (bicyclic) bond motifs is 1. The van der Waals surface area contributed by atoms with Crippen molar-refractivity contribution in [2.75, 3.05) is 11.9 Å². The van der Waals surface area contributed by atoms with E-state index in [2.05, 4.69) is 19.2 Å². The molecule has 20 heavy (non-hydrogen) atoms. The third-order valence-corrected chi connectivity index (χ3v) is 4.59. The SMILES string of the molecule is CC1(C)C(N=C(N)Nc2ccccc2)C2CCCOC21. The van der Waals surface area contributed by atoms with Crippen LogP contribution in [0.3, 0.4) is 0 Å². The molecule has 3 atom stereocenters. The number of aliphatic imine (C=N–C) groups is 1. The summed E-state index contributed by atoms with van der Waals surface area (Å²) in [4.78, 5) is 4.72. The minimum atomic E-state index is 0.0775. The van der Waals surface area contributed by atoms with Gasteiger partial charge in [-0.05, 0) is 25.0 Å². The van der Waals surface area contributed by atoms with Crippen molar-refractivity contribution >= 4 is 11.6 Å². The molecule has 2 aliphatic rings. The molecule has 1 saturated carbocycles. The molecule has 108 valence electrons. The van der Waals surface area contributed by atoms with Gasteiger partial charge in [0.25, 0.3) is 0 Å². The normalized spacial score (nSPS) is 32.1. The van der Waals surface area contributed by atoms with Gasteiger partial charge in [0.2, 0.25) is 0 Å². The highest BCUT2D eigenvalue weighted by atomic mass is 16.5. The molecule has 3 unspecified atom stereocenters. The number of nitrogens with one attached hydrogen (secondary N) is 1. The van der Waals surface area contributed by atoms with Crippen LogP contribution in [0.2, 0.25) is 0 Å². The van der Waals surface area contributed by atoms with E-state index in [4.69, 9.17) is 15.5 Å². The van der Waals surface area contributed by atoms with E-state index < -0.39 is 0 Å². The molecule has 0 aromatic heterocycles. The summed E-state index contributed by atoms with van der Waals surface area (Å²) in [6.07, 6.45) is 2.67. The van der Waals surface area contributed by atoms with Crippen LogP contribution < -0.4 is 11.1 Å². The maximum atomic E-state index is 6.06. The van der Waals surface area contributed by atoms with Crippen molar-refractivity contribution in [3.8, 4) is 0 Å². The zero-order valence-electron chi connectivity index (χ0n) is 12.2. The van der Waals surface area contributed by atoms with Crippen LogP contribution in [0.15, 0.2) is 35.3 Å². The maximum Gasteiger partial charge on any atom is 0.193 e. The van der Waals surface area contributed by atoms with Gasteiger partial charge in [-0.1, -0.05) is 32.0 Å². The van der Waals surface area contributed by atoms with Crippen LogP contribution in [0, 0.1) is 11.3 Å². The Morgan fingerprint density at radius 3 is 2.85 bits per heavy atom. The van der Waals surface area contributed by atoms with Gasteiger partial charge >= 0.3 is 0 Å². The quantitative estimate of drug-likeness (QED) is 0.643. The van der Waals surface area contributed by atoms with Crippen molar-refractivity contribution in [3.63, 3.8) is 0 Å². The van der Waals surface area contributed by atoms with E-state index in [1.54, 1.807) is 0 Å². The molecular formula is C16H23N3O. The summed E-state index contributed by atoms with van der Waals surface area (Å²) in [5, 5.41) is 3.16. The number of ether oxygens (including phenoxy) is 1. The highest BCUT2D eigenvalue weighted by Crippen LogP contribution is 2.53. The van der Waals surface area contributed by atoms with E-state index in [1.807, 2.05) is 30.3 Å². The zero-order valence-corrected chi connectivity index (χ0v) is 12.2. The van der Waals surface area contributed by atoms with Crippen LogP contribution in [0.4, 0.5) is 5.69 Å². The number of anilines is 1. The third-order valence-electron chi connectivity index (χ3n) is 4.59. The van der Waals surface area contributed by atoms with Crippen LogP contribution in [-0.4, -0.2) is 24.7 Å². The van der Waals surface area contributed by atoms with Gasteiger partial charge in [0.15, 0.2) is 5.96 Å². The summed E-state index contributed by atoms with van der Waals surface area (Å²) >= 11 is 0. The number of benzene rings is 1. The number of guanidine groups is 1. The van der Waals surface area contributed by atoms with Crippen molar-refractivity contribution in [3.05, 3.63) is 30.3 Å². The lowest BCUT2D eigenvalue weighted by molar-refractivity contribution is -0.182. The Morgan fingerprint density at radius 1 is 1.35 bits per heavy atom. The molecule has 0 bridgehead atoms. The van der Waals surface area contributed by atoms with Gasteiger partial charge in [0, 0.05) is 23.6 Å². The molecule has 1 heterocycles. The van der Waals surface area contributed by atoms with Gasteiger partial charge in [-0.15, -0.1) is 0 Å². The average molecular weight is 273 g/mol. The van der Waals surface area contributed by atoms with Gasteiger partial charge < -0.3 is 15.8 Å². The molecule has 1 aliphatic carbocycles. The topological polar surface area (TPSA) is 59.6 Å². The number of hydrogen-bond donors (Lipinski definition) is 2. The monoisotopic (exact) mass is 273 g/mol. The highest BCUT2D eigenvalue weighted by Gasteiger charge is 2.58. The van der Waals surface area contributed by atoms with Crippen molar-refractivity contribution in [1.29, 1.82) is 0 Å². The molecule has 4 heteroatoms. The summed E-state index contributed by atoms with van der Waals surface area (Å²) in [5.74, 6) is 1.02. The second-order valence-electron chi connectivity index (χ2n) is 6.37. The first-order chi connectivity index (χ1) is 9.59. The Kier molecular flexibility index (Phi) is 3.42. The average Bonchev–Trinajstić information content (AvgIpc) is 2.46. The fourth-order valence-electron chi connectivity index (χ4n) is 3.61. The van der Waals surface area contributed by atoms with Gasteiger partial charge in [-0.2, -0.15) is 0 Å². The maximum absolute atomic E-state index is 6.06. The molecule has 3 N–H and O–H groups in total. The first-order valence-corrected chi connectivity index (χ1v) is 7.36. The predicted molar refractivity (Wildman–Crippen MR) is 81.7 cm³/mol. The Labute approximate surface area is 120 Å². The fourth-order valence-corrected chi connectivity index (χ4v) is 3.61. The minimum Gasteiger partial charge on any atom is -0.377 e. The van der Waals surface area contributed by atoms with Crippen molar-refractivity contribution in [2.45, 2.75) is 38.8 Å². The molecule has 4 nitrogen and oxygen atoms in total. The number of rotatable bonds is 2. The molecule has 1 saturated heterocycles. The molecule has 1 aromatic rings.